The minimum absolute atomic E-state index is 0.0209. The Balaban J connectivity index is 1.63. The highest BCUT2D eigenvalue weighted by Gasteiger charge is 2.39. The molecule has 1 aromatic rings. The molecule has 2 fully saturated rings. The molecule has 3 rings (SSSR count). The van der Waals surface area contributed by atoms with Crippen molar-refractivity contribution >= 4 is 50.8 Å². The van der Waals surface area contributed by atoms with Crippen molar-refractivity contribution in [1.82, 2.24) is 20.5 Å². The van der Waals surface area contributed by atoms with Crippen LogP contribution in [0.4, 0.5) is 0 Å². The normalized spacial score (nSPS) is 23.9. The van der Waals surface area contributed by atoms with Gasteiger partial charge in [0.2, 0.25) is 11.8 Å². The Morgan fingerprint density at radius 3 is 2.79 bits per heavy atom. The van der Waals surface area contributed by atoms with E-state index in [4.69, 9.17) is 23.2 Å². The fourth-order valence-corrected chi connectivity index (χ4v) is 5.14. The van der Waals surface area contributed by atoms with E-state index in [0.29, 0.717) is 24.4 Å². The molecular weight excluding hydrogens is 431 g/mol. The van der Waals surface area contributed by atoms with Crippen molar-refractivity contribution in [1.29, 1.82) is 0 Å². The van der Waals surface area contributed by atoms with E-state index >= 15 is 0 Å². The fourth-order valence-electron chi connectivity index (χ4n) is 3.34. The molecule has 0 aromatic carbocycles. The van der Waals surface area contributed by atoms with Gasteiger partial charge in [-0.15, -0.1) is 0 Å². The smallest absolute Gasteiger partial charge is 0.271 e. The molecule has 0 aliphatic carbocycles. The third-order valence-electron chi connectivity index (χ3n) is 4.59. The summed E-state index contributed by atoms with van der Waals surface area (Å²) in [7, 11) is -3.61. The van der Waals surface area contributed by atoms with Crippen molar-refractivity contribution < 1.29 is 22.8 Å². The van der Waals surface area contributed by atoms with E-state index < -0.39 is 45.1 Å². The van der Waals surface area contributed by atoms with Gasteiger partial charge in [-0.1, -0.05) is 23.2 Å². The van der Waals surface area contributed by atoms with Gasteiger partial charge in [-0.25, -0.2) is 13.4 Å². The molecule has 12 heteroatoms. The quantitative estimate of drug-likeness (QED) is 0.668. The summed E-state index contributed by atoms with van der Waals surface area (Å²) >= 11 is 11.7. The molecule has 28 heavy (non-hydrogen) atoms. The van der Waals surface area contributed by atoms with Gasteiger partial charge < -0.3 is 15.5 Å². The molecule has 3 heterocycles. The molecule has 2 saturated heterocycles. The van der Waals surface area contributed by atoms with Crippen LogP contribution in [0.15, 0.2) is 12.3 Å². The Morgan fingerprint density at radius 2 is 2.11 bits per heavy atom. The van der Waals surface area contributed by atoms with Crippen LogP contribution in [0.1, 0.15) is 23.3 Å². The van der Waals surface area contributed by atoms with E-state index in [1.54, 1.807) is 0 Å². The van der Waals surface area contributed by atoms with Gasteiger partial charge in [-0.05, 0) is 18.9 Å². The van der Waals surface area contributed by atoms with Crippen LogP contribution in [0, 0.1) is 0 Å². The number of sulfone groups is 1. The molecule has 1 unspecified atom stereocenters. The van der Waals surface area contributed by atoms with E-state index in [9.17, 15) is 22.8 Å². The first-order chi connectivity index (χ1) is 13.2. The molecule has 152 valence electrons. The van der Waals surface area contributed by atoms with Crippen LogP contribution in [-0.2, 0) is 19.4 Å². The van der Waals surface area contributed by atoms with Gasteiger partial charge in [-0.2, -0.15) is 0 Å². The summed E-state index contributed by atoms with van der Waals surface area (Å²) in [6.07, 6.45) is 2.65. The lowest BCUT2D eigenvalue weighted by Crippen LogP contribution is -2.58. The van der Waals surface area contributed by atoms with Crippen molar-refractivity contribution in [2.75, 3.05) is 24.6 Å². The molecule has 1 aromatic heterocycles. The van der Waals surface area contributed by atoms with Crippen molar-refractivity contribution in [3.63, 3.8) is 0 Å². The van der Waals surface area contributed by atoms with Gasteiger partial charge in [0, 0.05) is 25.3 Å². The molecular formula is C16H18Cl2N4O5S. The number of nitrogens with zero attached hydrogens (tertiary/aromatic N) is 2. The number of aromatic nitrogens is 1. The standard InChI is InChI=1S/C16H18Cl2N4O5S/c17-9-4-11(18)14(19-5-9)15(24)20-6-10-2-1-3-22(10)16(25)12-7-28(26,27)8-13(23)21-12/h4-5,10,12H,1-3,6-8H2,(H,20,24)(H,21,23)/t10-,12?/m0/s1. The van der Waals surface area contributed by atoms with Gasteiger partial charge in [-0.3, -0.25) is 14.4 Å². The number of pyridine rings is 1. The molecule has 2 N–H and O–H groups in total. The zero-order valence-electron chi connectivity index (χ0n) is 14.7. The van der Waals surface area contributed by atoms with Crippen molar-refractivity contribution in [3.8, 4) is 0 Å². The van der Waals surface area contributed by atoms with Crippen LogP contribution in [0.25, 0.3) is 0 Å². The highest BCUT2D eigenvalue weighted by molar-refractivity contribution is 7.92. The summed E-state index contributed by atoms with van der Waals surface area (Å²) < 4.78 is 23.6. The van der Waals surface area contributed by atoms with Crippen molar-refractivity contribution in [2.24, 2.45) is 0 Å². The van der Waals surface area contributed by atoms with Crippen molar-refractivity contribution in [2.45, 2.75) is 24.9 Å². The molecule has 2 aliphatic heterocycles. The maximum Gasteiger partial charge on any atom is 0.271 e. The lowest BCUT2D eigenvalue weighted by atomic mass is 10.2. The van der Waals surface area contributed by atoms with Crippen LogP contribution in [-0.4, -0.2) is 72.7 Å². The van der Waals surface area contributed by atoms with Crippen LogP contribution in [0.3, 0.4) is 0 Å². The highest BCUT2D eigenvalue weighted by atomic mass is 35.5. The van der Waals surface area contributed by atoms with Crippen LogP contribution < -0.4 is 10.6 Å². The second-order valence-electron chi connectivity index (χ2n) is 6.70. The molecule has 2 atom stereocenters. The summed E-state index contributed by atoms with van der Waals surface area (Å²) in [6.45, 7) is 0.574. The SMILES string of the molecule is O=C1CS(=O)(=O)CC(C(=O)N2CCC[C@H]2CNC(=O)c2ncc(Cl)cc2Cl)N1. The molecule has 9 nitrogen and oxygen atoms in total. The Bertz CT molecular complexity index is 924. The number of likely N-dealkylation sites (tertiary alicyclic amines) is 1. The number of carbonyl (C=O) groups is 3. The zero-order chi connectivity index (χ0) is 20.5. The second kappa shape index (κ2) is 8.22. The van der Waals surface area contributed by atoms with Crippen molar-refractivity contribution in [3.05, 3.63) is 28.0 Å². The van der Waals surface area contributed by atoms with E-state index in [-0.39, 0.29) is 23.3 Å². The first kappa shape index (κ1) is 20.8. The molecule has 0 radical (unpaired) electrons. The Morgan fingerprint density at radius 1 is 1.36 bits per heavy atom. The second-order valence-corrected chi connectivity index (χ2v) is 9.65. The number of hydrogen-bond acceptors (Lipinski definition) is 6. The van der Waals surface area contributed by atoms with Gasteiger partial charge in [0.1, 0.15) is 17.5 Å². The summed E-state index contributed by atoms with van der Waals surface area (Å²) in [5.74, 6) is -2.68. The predicted octanol–water partition coefficient (Wildman–Crippen LogP) is 0.0224. The summed E-state index contributed by atoms with van der Waals surface area (Å²) in [5.41, 5.74) is 0.0209. The highest BCUT2D eigenvalue weighted by Crippen LogP contribution is 2.21. The lowest BCUT2D eigenvalue weighted by Gasteiger charge is -2.31. The number of hydrogen-bond donors (Lipinski definition) is 2. The fraction of sp³-hybridized carbons (Fsp3) is 0.500. The maximum absolute atomic E-state index is 12.7. The number of nitrogens with one attached hydrogen (secondary N) is 2. The molecule has 0 spiro atoms. The van der Waals surface area contributed by atoms with Crippen LogP contribution >= 0.6 is 23.2 Å². The first-order valence-electron chi connectivity index (χ1n) is 8.56. The maximum atomic E-state index is 12.7. The van der Waals surface area contributed by atoms with Gasteiger partial charge >= 0.3 is 0 Å². The Hall–Kier alpha value is -1.91. The minimum Gasteiger partial charge on any atom is -0.349 e. The molecule has 3 amide bonds. The number of rotatable bonds is 4. The van der Waals surface area contributed by atoms with Crippen LogP contribution in [0.5, 0.6) is 0 Å². The Labute approximate surface area is 171 Å². The lowest BCUT2D eigenvalue weighted by molar-refractivity contribution is -0.136. The topological polar surface area (TPSA) is 126 Å². The number of amides is 3. The third-order valence-corrected chi connectivity index (χ3v) is 6.62. The largest absolute Gasteiger partial charge is 0.349 e. The minimum atomic E-state index is -3.61. The molecule has 0 saturated carbocycles. The summed E-state index contributed by atoms with van der Waals surface area (Å²) in [6, 6.07) is -0.0122. The van der Waals surface area contributed by atoms with Gasteiger partial charge in [0.15, 0.2) is 9.84 Å². The van der Waals surface area contributed by atoms with E-state index in [1.807, 2.05) is 0 Å². The predicted molar refractivity (Wildman–Crippen MR) is 102 cm³/mol. The Kier molecular flexibility index (Phi) is 6.11. The zero-order valence-corrected chi connectivity index (χ0v) is 17.0. The molecule has 2 aliphatic rings. The molecule has 0 bridgehead atoms. The number of carbonyl (C=O) groups excluding carboxylic acids is 3. The third kappa shape index (κ3) is 4.73. The number of halogens is 2. The van der Waals surface area contributed by atoms with E-state index in [2.05, 4.69) is 15.6 Å². The average Bonchev–Trinajstić information content (AvgIpc) is 3.05. The van der Waals surface area contributed by atoms with E-state index in [1.165, 1.54) is 17.2 Å². The summed E-state index contributed by atoms with van der Waals surface area (Å²) in [4.78, 5) is 42.0. The van der Waals surface area contributed by atoms with E-state index in [0.717, 1.165) is 0 Å². The summed E-state index contributed by atoms with van der Waals surface area (Å²) in [5, 5.41) is 5.54. The van der Waals surface area contributed by atoms with Crippen LogP contribution in [0.2, 0.25) is 10.0 Å². The first-order valence-corrected chi connectivity index (χ1v) is 11.1. The monoisotopic (exact) mass is 448 g/mol. The average molecular weight is 449 g/mol. The van der Waals surface area contributed by atoms with Gasteiger partial charge in [0.05, 0.1) is 15.8 Å². The van der Waals surface area contributed by atoms with Gasteiger partial charge in [0.25, 0.3) is 5.91 Å².